The van der Waals surface area contributed by atoms with E-state index in [-0.39, 0.29) is 22.7 Å². The van der Waals surface area contributed by atoms with Crippen LogP contribution in [0.5, 0.6) is 0 Å². The summed E-state index contributed by atoms with van der Waals surface area (Å²) < 4.78 is 41.7. The minimum Gasteiger partial charge on any atom is -0.379 e. The molecule has 0 radical (unpaired) electrons. The van der Waals surface area contributed by atoms with Crippen molar-refractivity contribution in [1.29, 1.82) is 0 Å². The first-order valence-electron chi connectivity index (χ1n) is 11.9. The summed E-state index contributed by atoms with van der Waals surface area (Å²) in [5.41, 5.74) is 0.954. The third-order valence-electron chi connectivity index (χ3n) is 7.59. The summed E-state index contributed by atoms with van der Waals surface area (Å²) in [5, 5.41) is 4.87. The van der Waals surface area contributed by atoms with Gasteiger partial charge in [-0.3, -0.25) is 9.69 Å². The van der Waals surface area contributed by atoms with Gasteiger partial charge in [0.15, 0.2) is 0 Å². The lowest BCUT2D eigenvalue weighted by Gasteiger charge is -2.44. The Balaban J connectivity index is 1.36. The maximum atomic E-state index is 15.2. The molecule has 1 saturated heterocycles. The number of hydrogen-bond acceptors (Lipinski definition) is 8. The Morgan fingerprint density at radius 1 is 1.23 bits per heavy atom. The normalized spacial score (nSPS) is 24.2. The summed E-state index contributed by atoms with van der Waals surface area (Å²) in [6.45, 7) is 2.13. The van der Waals surface area contributed by atoms with Crippen molar-refractivity contribution in [3.05, 3.63) is 34.5 Å². The van der Waals surface area contributed by atoms with Crippen LogP contribution in [0.2, 0.25) is 5.02 Å². The molecule has 12 heteroatoms. The van der Waals surface area contributed by atoms with E-state index in [0.717, 1.165) is 62.2 Å². The van der Waals surface area contributed by atoms with Crippen LogP contribution in [0.25, 0.3) is 0 Å². The summed E-state index contributed by atoms with van der Waals surface area (Å²) in [6, 6.07) is 2.60. The molecule has 1 N–H and O–H groups in total. The lowest BCUT2D eigenvalue weighted by Crippen LogP contribution is -2.51. The van der Waals surface area contributed by atoms with E-state index >= 15 is 4.39 Å². The zero-order valence-corrected chi connectivity index (χ0v) is 21.5. The number of aromatic nitrogens is 1. The zero-order chi connectivity index (χ0) is 24.6. The van der Waals surface area contributed by atoms with Crippen LogP contribution in [0.4, 0.5) is 15.2 Å². The summed E-state index contributed by atoms with van der Waals surface area (Å²) in [5.74, 6) is -0.992. The molecule has 2 aromatic rings. The fraction of sp³-hybridized carbons (Fsp3) is 0.565. The first-order chi connectivity index (χ1) is 16.8. The highest BCUT2D eigenvalue weighted by Gasteiger charge is 2.46. The van der Waals surface area contributed by atoms with Gasteiger partial charge < -0.3 is 10.2 Å². The molecule has 2 saturated carbocycles. The van der Waals surface area contributed by atoms with E-state index < -0.39 is 20.7 Å². The standard InChI is InChI=1S/C23H28ClFN4O4S2/c24-16-13-21(35(31,32)29(33-15-30)22-26-9-12-34-22)17(25)14-19(16)27-18-3-1-2-4-20(18)28-10-7-23(5-6-23)8-11-28/h9,12-15,18,20,27H,1-8,10-11H2/t18-,20-/m0/s1. The molecule has 1 spiro atoms. The monoisotopic (exact) mass is 542 g/mol. The molecule has 0 bridgehead atoms. The van der Waals surface area contributed by atoms with Gasteiger partial charge in [-0.2, -0.15) is 8.42 Å². The fourth-order valence-electron chi connectivity index (χ4n) is 5.40. The second-order valence-electron chi connectivity index (χ2n) is 9.65. The van der Waals surface area contributed by atoms with Crippen LogP contribution in [0.15, 0.2) is 28.6 Å². The van der Waals surface area contributed by atoms with Crippen LogP contribution < -0.4 is 9.79 Å². The molecule has 2 aliphatic carbocycles. The van der Waals surface area contributed by atoms with Crippen LogP contribution in [-0.4, -0.2) is 49.9 Å². The molecule has 2 atom stereocenters. The quantitative estimate of drug-likeness (QED) is 0.378. The average Bonchev–Trinajstić information content (AvgIpc) is 3.37. The lowest BCUT2D eigenvalue weighted by molar-refractivity contribution is -0.128. The van der Waals surface area contributed by atoms with Gasteiger partial charge in [0.2, 0.25) is 5.13 Å². The number of piperidine rings is 1. The van der Waals surface area contributed by atoms with Gasteiger partial charge >= 0.3 is 16.5 Å². The molecule has 2 heterocycles. The van der Waals surface area contributed by atoms with Crippen molar-refractivity contribution in [1.82, 2.24) is 9.88 Å². The van der Waals surface area contributed by atoms with Crippen molar-refractivity contribution in [3.8, 4) is 0 Å². The number of anilines is 2. The Morgan fingerprint density at radius 2 is 1.97 bits per heavy atom. The second-order valence-corrected chi connectivity index (χ2v) is 12.7. The average molecular weight is 543 g/mol. The maximum absolute atomic E-state index is 15.2. The summed E-state index contributed by atoms with van der Waals surface area (Å²) in [7, 11) is -4.59. The number of rotatable bonds is 8. The topological polar surface area (TPSA) is 91.8 Å². The highest BCUT2D eigenvalue weighted by atomic mass is 35.5. The van der Waals surface area contributed by atoms with E-state index in [1.165, 1.54) is 37.3 Å². The number of likely N-dealkylation sites (tertiary alicyclic amines) is 1. The molecule has 8 nitrogen and oxygen atoms in total. The van der Waals surface area contributed by atoms with E-state index in [4.69, 9.17) is 11.6 Å². The first kappa shape index (κ1) is 24.7. The predicted octanol–water partition coefficient (Wildman–Crippen LogP) is 4.82. The van der Waals surface area contributed by atoms with Gasteiger partial charge in [0.25, 0.3) is 0 Å². The van der Waals surface area contributed by atoms with Crippen LogP contribution in [-0.2, 0) is 19.7 Å². The van der Waals surface area contributed by atoms with E-state index in [1.807, 2.05) is 0 Å². The molecule has 1 aromatic carbocycles. The van der Waals surface area contributed by atoms with Gasteiger partial charge in [-0.05, 0) is 69.2 Å². The van der Waals surface area contributed by atoms with Gasteiger partial charge in [0.05, 0.1) is 10.7 Å². The number of benzene rings is 1. The van der Waals surface area contributed by atoms with Crippen molar-refractivity contribution in [2.24, 2.45) is 5.41 Å². The summed E-state index contributed by atoms with van der Waals surface area (Å²) in [4.78, 5) is 21.3. The summed E-state index contributed by atoms with van der Waals surface area (Å²) >= 11 is 7.39. The van der Waals surface area contributed by atoms with Crippen molar-refractivity contribution in [3.63, 3.8) is 0 Å². The van der Waals surface area contributed by atoms with Crippen LogP contribution >= 0.6 is 22.9 Å². The van der Waals surface area contributed by atoms with Crippen molar-refractivity contribution in [2.75, 3.05) is 22.9 Å². The van der Waals surface area contributed by atoms with E-state index in [0.29, 0.717) is 21.6 Å². The van der Waals surface area contributed by atoms with E-state index in [1.54, 1.807) is 0 Å². The van der Waals surface area contributed by atoms with Gasteiger partial charge in [0, 0.05) is 23.7 Å². The highest BCUT2D eigenvalue weighted by Crippen LogP contribution is 2.54. The molecule has 1 aliphatic heterocycles. The van der Waals surface area contributed by atoms with E-state index in [2.05, 4.69) is 20.0 Å². The zero-order valence-electron chi connectivity index (χ0n) is 19.2. The molecule has 3 fully saturated rings. The smallest absolute Gasteiger partial charge is 0.322 e. The largest absolute Gasteiger partial charge is 0.379 e. The number of carbonyl (C=O) groups excluding carboxylic acids is 1. The molecular formula is C23H28ClFN4O4S2. The van der Waals surface area contributed by atoms with Gasteiger partial charge in [-0.25, -0.2) is 9.37 Å². The molecule has 35 heavy (non-hydrogen) atoms. The van der Waals surface area contributed by atoms with Crippen molar-refractivity contribution in [2.45, 2.75) is 68.3 Å². The number of hydrogen-bond donors (Lipinski definition) is 1. The third kappa shape index (κ3) is 5.00. The number of nitrogens with one attached hydrogen (secondary N) is 1. The minimum atomic E-state index is -4.59. The highest BCUT2D eigenvalue weighted by molar-refractivity contribution is 7.92. The molecule has 0 amide bonds. The fourth-order valence-corrected chi connectivity index (χ4v) is 7.75. The van der Waals surface area contributed by atoms with E-state index in [9.17, 15) is 13.2 Å². The molecule has 5 rings (SSSR count). The Hall–Kier alpha value is -1.95. The Kier molecular flexibility index (Phi) is 6.95. The second kappa shape index (κ2) is 9.84. The Labute approximate surface area is 213 Å². The molecule has 1 aromatic heterocycles. The van der Waals surface area contributed by atoms with Crippen LogP contribution in [0, 0.1) is 11.2 Å². The first-order valence-corrected chi connectivity index (χ1v) is 14.6. The van der Waals surface area contributed by atoms with Gasteiger partial charge in [-0.1, -0.05) is 28.9 Å². The Bertz CT molecular complexity index is 1170. The maximum Gasteiger partial charge on any atom is 0.322 e. The lowest BCUT2D eigenvalue weighted by atomic mass is 9.85. The van der Waals surface area contributed by atoms with Crippen molar-refractivity contribution < 1.29 is 22.4 Å². The molecule has 190 valence electrons. The molecule has 3 aliphatic rings. The number of halogens is 2. The number of nitrogens with zero attached hydrogens (tertiary/aromatic N) is 3. The number of sulfonamides is 1. The Morgan fingerprint density at radius 3 is 2.63 bits per heavy atom. The van der Waals surface area contributed by atoms with Gasteiger partial charge in [0.1, 0.15) is 10.7 Å². The summed E-state index contributed by atoms with van der Waals surface area (Å²) in [6.07, 6.45) is 10.8. The molecule has 0 unspecified atom stereocenters. The van der Waals surface area contributed by atoms with Crippen LogP contribution in [0.1, 0.15) is 51.4 Å². The predicted molar refractivity (Wildman–Crippen MR) is 132 cm³/mol. The number of carbonyl (C=O) groups is 1. The molecular weight excluding hydrogens is 515 g/mol. The van der Waals surface area contributed by atoms with Crippen LogP contribution in [0.3, 0.4) is 0 Å². The van der Waals surface area contributed by atoms with Gasteiger partial charge in [-0.15, -0.1) is 11.3 Å². The third-order valence-corrected chi connectivity index (χ3v) is 10.3. The minimum absolute atomic E-state index is 0.0523. The number of thiazole rings is 1. The SMILES string of the molecule is O=CON(c1nccs1)S(=O)(=O)c1cc(Cl)c(N[C@H]2CCCC[C@@H]2N2CCC3(CC2)CC3)cc1F. The van der Waals surface area contributed by atoms with Crippen molar-refractivity contribution >= 4 is 50.3 Å².